The van der Waals surface area contributed by atoms with Crippen molar-refractivity contribution in [2.75, 3.05) is 19.8 Å². The summed E-state index contributed by atoms with van der Waals surface area (Å²) < 4.78 is 0. The normalized spacial score (nSPS) is 15.9. The lowest BCUT2D eigenvalue weighted by atomic mass is 9.59. The van der Waals surface area contributed by atoms with Gasteiger partial charge in [-0.05, 0) is 80.0 Å². The molecular formula is C27H56O3. The van der Waals surface area contributed by atoms with Crippen LogP contribution in [0.4, 0.5) is 0 Å². The number of hydrogen-bond acceptors (Lipinski definition) is 3. The summed E-state index contributed by atoms with van der Waals surface area (Å²) in [5, 5.41) is 30.6. The molecule has 0 rings (SSSR count). The van der Waals surface area contributed by atoms with Gasteiger partial charge in [0, 0.05) is 19.8 Å². The SMILES string of the molecule is CCCC(C)(CCC)CCC(CO)CCC(CO)C(CCC)(CCC)C(CC)CO. The topological polar surface area (TPSA) is 60.7 Å². The zero-order valence-electron chi connectivity index (χ0n) is 21.4. The van der Waals surface area contributed by atoms with E-state index in [2.05, 4.69) is 41.5 Å². The van der Waals surface area contributed by atoms with Crippen LogP contribution in [-0.4, -0.2) is 35.1 Å². The second-order valence-electron chi connectivity index (χ2n) is 10.4. The highest BCUT2D eigenvalue weighted by Gasteiger charge is 2.42. The first kappa shape index (κ1) is 29.9. The Bertz CT molecular complexity index is 380. The highest BCUT2D eigenvalue weighted by molar-refractivity contribution is 4.91. The molecule has 3 heteroatoms. The van der Waals surface area contributed by atoms with E-state index in [-0.39, 0.29) is 37.1 Å². The summed E-state index contributed by atoms with van der Waals surface area (Å²) in [5.41, 5.74) is 0.409. The Labute approximate surface area is 189 Å². The van der Waals surface area contributed by atoms with Crippen molar-refractivity contribution in [3.8, 4) is 0 Å². The molecule has 0 bridgehead atoms. The first-order valence-corrected chi connectivity index (χ1v) is 13.2. The molecule has 3 atom stereocenters. The van der Waals surface area contributed by atoms with E-state index >= 15 is 0 Å². The first-order valence-electron chi connectivity index (χ1n) is 13.2. The Morgan fingerprint density at radius 2 is 1.07 bits per heavy atom. The summed E-state index contributed by atoms with van der Waals surface area (Å²) in [7, 11) is 0. The lowest BCUT2D eigenvalue weighted by Gasteiger charge is -2.46. The van der Waals surface area contributed by atoms with Crippen LogP contribution in [0.2, 0.25) is 0 Å². The fourth-order valence-electron chi connectivity index (χ4n) is 6.38. The molecule has 30 heavy (non-hydrogen) atoms. The summed E-state index contributed by atoms with van der Waals surface area (Å²) in [4.78, 5) is 0. The number of rotatable bonds is 20. The zero-order valence-corrected chi connectivity index (χ0v) is 21.4. The van der Waals surface area contributed by atoms with Crippen LogP contribution in [0.15, 0.2) is 0 Å². The minimum atomic E-state index is 0.0146. The van der Waals surface area contributed by atoms with Gasteiger partial charge in [0.05, 0.1) is 0 Å². The van der Waals surface area contributed by atoms with Gasteiger partial charge in [0.1, 0.15) is 0 Å². The van der Waals surface area contributed by atoms with Gasteiger partial charge in [-0.2, -0.15) is 0 Å². The highest BCUT2D eigenvalue weighted by atomic mass is 16.3. The van der Waals surface area contributed by atoms with Gasteiger partial charge in [-0.3, -0.25) is 0 Å². The van der Waals surface area contributed by atoms with E-state index in [1.54, 1.807) is 0 Å². The molecule has 0 aromatic rings. The number of hydrogen-bond donors (Lipinski definition) is 3. The van der Waals surface area contributed by atoms with Crippen molar-refractivity contribution in [3.63, 3.8) is 0 Å². The van der Waals surface area contributed by atoms with Crippen LogP contribution < -0.4 is 0 Å². The molecule has 0 amide bonds. The third kappa shape index (κ3) is 9.17. The predicted octanol–water partition coefficient (Wildman–Crippen LogP) is 6.98. The lowest BCUT2D eigenvalue weighted by molar-refractivity contribution is -0.0241. The van der Waals surface area contributed by atoms with Gasteiger partial charge in [-0.15, -0.1) is 0 Å². The molecule has 0 aliphatic carbocycles. The molecule has 0 radical (unpaired) electrons. The van der Waals surface area contributed by atoms with Gasteiger partial charge in [0.15, 0.2) is 0 Å². The molecule has 3 N–H and O–H groups in total. The monoisotopic (exact) mass is 428 g/mol. The minimum Gasteiger partial charge on any atom is -0.396 e. The Hall–Kier alpha value is -0.120. The lowest BCUT2D eigenvalue weighted by Crippen LogP contribution is -2.42. The van der Waals surface area contributed by atoms with Crippen LogP contribution in [0.5, 0.6) is 0 Å². The van der Waals surface area contributed by atoms with Crippen molar-refractivity contribution in [1.29, 1.82) is 0 Å². The van der Waals surface area contributed by atoms with Gasteiger partial charge in [-0.25, -0.2) is 0 Å². The summed E-state index contributed by atoms with van der Waals surface area (Å²) in [6.07, 6.45) is 14.5. The Morgan fingerprint density at radius 1 is 0.567 bits per heavy atom. The van der Waals surface area contributed by atoms with E-state index in [0.29, 0.717) is 11.3 Å². The smallest absolute Gasteiger partial charge is 0.0464 e. The highest BCUT2D eigenvalue weighted by Crippen LogP contribution is 2.48. The quantitative estimate of drug-likeness (QED) is 0.196. The third-order valence-corrected chi connectivity index (χ3v) is 8.04. The minimum absolute atomic E-state index is 0.0146. The van der Waals surface area contributed by atoms with E-state index in [9.17, 15) is 15.3 Å². The average molecular weight is 429 g/mol. The van der Waals surface area contributed by atoms with Crippen LogP contribution in [0.25, 0.3) is 0 Å². The molecule has 0 aliphatic heterocycles. The largest absolute Gasteiger partial charge is 0.396 e. The molecule has 3 unspecified atom stereocenters. The Balaban J connectivity index is 5.27. The fourth-order valence-corrected chi connectivity index (χ4v) is 6.38. The van der Waals surface area contributed by atoms with E-state index < -0.39 is 0 Å². The van der Waals surface area contributed by atoms with Gasteiger partial charge in [-0.1, -0.05) is 73.6 Å². The van der Waals surface area contributed by atoms with Gasteiger partial charge >= 0.3 is 0 Å². The number of aliphatic hydroxyl groups excluding tert-OH is 3. The fraction of sp³-hybridized carbons (Fsp3) is 1.00. The molecule has 0 fully saturated rings. The Morgan fingerprint density at radius 3 is 1.43 bits per heavy atom. The van der Waals surface area contributed by atoms with Crippen molar-refractivity contribution >= 4 is 0 Å². The molecule has 0 saturated heterocycles. The molecule has 0 aromatic carbocycles. The molecule has 3 nitrogen and oxygen atoms in total. The van der Waals surface area contributed by atoms with Crippen molar-refractivity contribution in [3.05, 3.63) is 0 Å². The van der Waals surface area contributed by atoms with Crippen LogP contribution in [0.3, 0.4) is 0 Å². The third-order valence-electron chi connectivity index (χ3n) is 8.04. The van der Waals surface area contributed by atoms with E-state index in [4.69, 9.17) is 0 Å². The summed E-state index contributed by atoms with van der Waals surface area (Å²) in [5.74, 6) is 0.781. The van der Waals surface area contributed by atoms with Gasteiger partial charge in [0.2, 0.25) is 0 Å². The Kier molecular flexibility index (Phi) is 16.4. The maximum Gasteiger partial charge on any atom is 0.0464 e. The van der Waals surface area contributed by atoms with Crippen LogP contribution in [0.1, 0.15) is 125 Å². The maximum atomic E-state index is 10.4. The van der Waals surface area contributed by atoms with E-state index in [1.807, 2.05) is 0 Å². The van der Waals surface area contributed by atoms with Crippen LogP contribution in [-0.2, 0) is 0 Å². The van der Waals surface area contributed by atoms with Gasteiger partial charge < -0.3 is 15.3 Å². The van der Waals surface area contributed by atoms with Crippen molar-refractivity contribution in [2.24, 2.45) is 28.6 Å². The number of aliphatic hydroxyl groups is 3. The molecule has 0 heterocycles. The standard InChI is InChI=1S/C27H56O3/c1-7-15-26(6,16-8-2)19-14-23(20-28)12-13-25(22-30)27(17-9-3,18-10-4)24(11-5)21-29/h23-25,28-30H,7-22H2,1-6H3. The summed E-state index contributed by atoms with van der Waals surface area (Å²) in [6, 6.07) is 0. The molecule has 0 aliphatic rings. The molecule has 0 saturated carbocycles. The average Bonchev–Trinajstić information content (AvgIpc) is 2.72. The van der Waals surface area contributed by atoms with Crippen molar-refractivity contribution in [1.82, 2.24) is 0 Å². The molecule has 0 spiro atoms. The van der Waals surface area contributed by atoms with E-state index in [0.717, 1.165) is 51.4 Å². The molecular weight excluding hydrogens is 372 g/mol. The van der Waals surface area contributed by atoms with Crippen molar-refractivity contribution in [2.45, 2.75) is 125 Å². The van der Waals surface area contributed by atoms with Crippen LogP contribution >= 0.6 is 0 Å². The summed E-state index contributed by atoms with van der Waals surface area (Å²) in [6.45, 7) is 14.2. The second-order valence-corrected chi connectivity index (χ2v) is 10.4. The zero-order chi connectivity index (χ0) is 23.0. The summed E-state index contributed by atoms with van der Waals surface area (Å²) >= 11 is 0. The molecule has 0 aromatic heterocycles. The second kappa shape index (κ2) is 16.5. The van der Waals surface area contributed by atoms with E-state index in [1.165, 1.54) is 32.1 Å². The predicted molar refractivity (Wildman–Crippen MR) is 131 cm³/mol. The van der Waals surface area contributed by atoms with Crippen LogP contribution in [0, 0.1) is 28.6 Å². The first-order chi connectivity index (χ1) is 14.4. The van der Waals surface area contributed by atoms with Gasteiger partial charge in [0.25, 0.3) is 0 Å². The van der Waals surface area contributed by atoms with Crippen molar-refractivity contribution < 1.29 is 15.3 Å². The maximum absolute atomic E-state index is 10.4. The molecule has 182 valence electrons.